The number of amides is 1. The minimum Gasteiger partial charge on any atom is -0.496 e. The van der Waals surface area contributed by atoms with Gasteiger partial charge in [-0.1, -0.05) is 18.2 Å². The number of carbonyl (C=O) groups excluding carboxylic acids is 1. The summed E-state index contributed by atoms with van der Waals surface area (Å²) in [6, 6.07) is 13.5. The number of oxazole rings is 1. The number of nitrogens with zero attached hydrogens (tertiary/aromatic N) is 2. The summed E-state index contributed by atoms with van der Waals surface area (Å²) in [4.78, 5) is 19.3. The van der Waals surface area contributed by atoms with Crippen molar-refractivity contribution >= 4 is 5.91 Å². The Kier molecular flexibility index (Phi) is 5.57. The number of hydrogen-bond donors (Lipinski definition) is 1. The second-order valence-corrected chi connectivity index (χ2v) is 6.88. The Bertz CT molecular complexity index is 987. The molecule has 1 N–H and O–H groups in total. The van der Waals surface area contributed by atoms with Crippen LogP contribution in [0.2, 0.25) is 0 Å². The van der Waals surface area contributed by atoms with Crippen LogP contribution in [0, 0.1) is 5.82 Å². The molecular weight excluding hydrogens is 373 g/mol. The van der Waals surface area contributed by atoms with Gasteiger partial charge in [0.05, 0.1) is 25.3 Å². The summed E-state index contributed by atoms with van der Waals surface area (Å²) in [5.41, 5.74) is 2.19. The first-order valence-electron chi connectivity index (χ1n) is 9.49. The molecule has 1 atom stereocenters. The van der Waals surface area contributed by atoms with Gasteiger partial charge in [0.2, 0.25) is 11.8 Å². The lowest BCUT2D eigenvalue weighted by Crippen LogP contribution is -2.49. The van der Waals surface area contributed by atoms with E-state index in [1.807, 2.05) is 29.2 Å². The molecule has 6 nitrogen and oxygen atoms in total. The monoisotopic (exact) mass is 395 g/mol. The van der Waals surface area contributed by atoms with Gasteiger partial charge in [-0.25, -0.2) is 9.37 Å². The van der Waals surface area contributed by atoms with Gasteiger partial charge in [-0.2, -0.15) is 0 Å². The van der Waals surface area contributed by atoms with Crippen molar-refractivity contribution in [1.29, 1.82) is 0 Å². The Morgan fingerprint density at radius 1 is 1.28 bits per heavy atom. The molecule has 1 aliphatic heterocycles. The number of piperazine rings is 1. The van der Waals surface area contributed by atoms with Gasteiger partial charge in [-0.15, -0.1) is 0 Å². The zero-order valence-electron chi connectivity index (χ0n) is 16.1. The number of carbonyl (C=O) groups is 1. The highest BCUT2D eigenvalue weighted by molar-refractivity contribution is 5.79. The fraction of sp³-hybridized carbons (Fsp3) is 0.273. The van der Waals surface area contributed by atoms with E-state index in [-0.39, 0.29) is 24.2 Å². The van der Waals surface area contributed by atoms with Crippen LogP contribution >= 0.6 is 0 Å². The number of para-hydroxylation sites is 1. The van der Waals surface area contributed by atoms with E-state index < -0.39 is 0 Å². The molecule has 1 fully saturated rings. The lowest BCUT2D eigenvalue weighted by molar-refractivity contribution is -0.133. The fourth-order valence-corrected chi connectivity index (χ4v) is 3.59. The SMILES string of the molecule is COc1ccccc1C1CNCCN1C(=O)Cc1coc(-c2ccc(F)cc2)n1. The van der Waals surface area contributed by atoms with Gasteiger partial charge in [0.25, 0.3) is 0 Å². The predicted molar refractivity (Wildman–Crippen MR) is 106 cm³/mol. The van der Waals surface area contributed by atoms with Crippen molar-refractivity contribution in [2.75, 3.05) is 26.7 Å². The van der Waals surface area contributed by atoms with Crippen LogP contribution in [-0.4, -0.2) is 42.5 Å². The first-order chi connectivity index (χ1) is 14.2. The topological polar surface area (TPSA) is 67.6 Å². The summed E-state index contributed by atoms with van der Waals surface area (Å²) in [5.74, 6) is 0.784. The molecular formula is C22H22FN3O3. The van der Waals surface area contributed by atoms with Crippen LogP contribution in [0.4, 0.5) is 4.39 Å². The lowest BCUT2D eigenvalue weighted by Gasteiger charge is -2.37. The summed E-state index contributed by atoms with van der Waals surface area (Å²) in [6.07, 6.45) is 1.62. The van der Waals surface area contributed by atoms with Gasteiger partial charge in [0, 0.05) is 30.8 Å². The molecule has 1 aliphatic rings. The Balaban J connectivity index is 1.51. The van der Waals surface area contributed by atoms with Crippen LogP contribution in [0.3, 0.4) is 0 Å². The maximum Gasteiger partial charge on any atom is 0.229 e. The molecule has 1 amide bonds. The number of nitrogens with one attached hydrogen (secondary N) is 1. The van der Waals surface area contributed by atoms with E-state index in [0.717, 1.165) is 17.9 Å². The van der Waals surface area contributed by atoms with Crippen molar-refractivity contribution < 1.29 is 18.3 Å². The molecule has 7 heteroatoms. The fourth-order valence-electron chi connectivity index (χ4n) is 3.59. The molecule has 3 aromatic rings. The van der Waals surface area contributed by atoms with Gasteiger partial charge in [-0.05, 0) is 30.3 Å². The second-order valence-electron chi connectivity index (χ2n) is 6.88. The third kappa shape index (κ3) is 4.14. The molecule has 2 heterocycles. The molecule has 4 rings (SSSR count). The summed E-state index contributed by atoms with van der Waals surface area (Å²) in [5, 5.41) is 3.35. The molecule has 1 aromatic heterocycles. The number of benzene rings is 2. The predicted octanol–water partition coefficient (Wildman–Crippen LogP) is 3.20. The van der Waals surface area contributed by atoms with Crippen LogP contribution in [0.15, 0.2) is 59.2 Å². The molecule has 2 aromatic carbocycles. The third-order valence-corrected chi connectivity index (χ3v) is 5.04. The highest BCUT2D eigenvalue weighted by Gasteiger charge is 2.30. The molecule has 1 saturated heterocycles. The number of ether oxygens (including phenoxy) is 1. The third-order valence-electron chi connectivity index (χ3n) is 5.04. The zero-order chi connectivity index (χ0) is 20.2. The Hall–Kier alpha value is -3.19. The van der Waals surface area contributed by atoms with Crippen LogP contribution < -0.4 is 10.1 Å². The highest BCUT2D eigenvalue weighted by atomic mass is 19.1. The van der Waals surface area contributed by atoms with Gasteiger partial charge in [0.1, 0.15) is 17.8 Å². The number of hydrogen-bond acceptors (Lipinski definition) is 5. The lowest BCUT2D eigenvalue weighted by atomic mass is 10.0. The number of aromatic nitrogens is 1. The van der Waals surface area contributed by atoms with Crippen molar-refractivity contribution in [3.05, 3.63) is 71.9 Å². The van der Waals surface area contributed by atoms with Crippen LogP contribution in [0.5, 0.6) is 5.75 Å². The largest absolute Gasteiger partial charge is 0.496 e. The van der Waals surface area contributed by atoms with Gasteiger partial charge >= 0.3 is 0 Å². The average molecular weight is 395 g/mol. The molecule has 0 bridgehead atoms. The normalized spacial score (nSPS) is 16.6. The second kappa shape index (κ2) is 8.45. The summed E-state index contributed by atoms with van der Waals surface area (Å²) in [7, 11) is 1.63. The molecule has 29 heavy (non-hydrogen) atoms. The van der Waals surface area contributed by atoms with Crippen molar-refractivity contribution in [3.63, 3.8) is 0 Å². The van der Waals surface area contributed by atoms with E-state index in [1.54, 1.807) is 19.2 Å². The molecule has 1 unspecified atom stereocenters. The maximum absolute atomic E-state index is 13.1. The Morgan fingerprint density at radius 2 is 2.07 bits per heavy atom. The first kappa shape index (κ1) is 19.1. The Morgan fingerprint density at radius 3 is 2.86 bits per heavy atom. The smallest absolute Gasteiger partial charge is 0.229 e. The summed E-state index contributed by atoms with van der Waals surface area (Å²) >= 11 is 0. The Labute approximate surface area is 168 Å². The summed E-state index contributed by atoms with van der Waals surface area (Å²) < 4.78 is 24.1. The molecule has 0 aliphatic carbocycles. The van der Waals surface area contributed by atoms with Gasteiger partial charge in [-0.3, -0.25) is 4.79 Å². The van der Waals surface area contributed by atoms with Crippen molar-refractivity contribution in [2.45, 2.75) is 12.5 Å². The minimum absolute atomic E-state index is 0.0265. The number of methoxy groups -OCH3 is 1. The standard InChI is InChI=1S/C22H22FN3O3/c1-28-20-5-3-2-4-18(20)19-13-24-10-11-26(19)21(27)12-17-14-29-22(25-17)15-6-8-16(23)9-7-15/h2-9,14,19,24H,10-13H2,1H3. The van der Waals surface area contributed by atoms with Crippen LogP contribution in [0.1, 0.15) is 17.3 Å². The van der Waals surface area contributed by atoms with E-state index >= 15 is 0 Å². The quantitative estimate of drug-likeness (QED) is 0.719. The molecule has 150 valence electrons. The van der Waals surface area contributed by atoms with E-state index in [9.17, 15) is 9.18 Å². The van der Waals surface area contributed by atoms with Crippen LogP contribution in [-0.2, 0) is 11.2 Å². The van der Waals surface area contributed by atoms with E-state index in [4.69, 9.17) is 9.15 Å². The van der Waals surface area contributed by atoms with Crippen molar-refractivity contribution in [3.8, 4) is 17.2 Å². The van der Waals surface area contributed by atoms with E-state index in [0.29, 0.717) is 30.2 Å². The van der Waals surface area contributed by atoms with E-state index in [1.165, 1.54) is 18.4 Å². The van der Waals surface area contributed by atoms with Crippen molar-refractivity contribution in [1.82, 2.24) is 15.2 Å². The number of halogens is 1. The zero-order valence-corrected chi connectivity index (χ0v) is 16.1. The average Bonchev–Trinajstić information content (AvgIpc) is 3.22. The molecule has 0 saturated carbocycles. The van der Waals surface area contributed by atoms with E-state index in [2.05, 4.69) is 10.3 Å². The van der Waals surface area contributed by atoms with Crippen LogP contribution in [0.25, 0.3) is 11.5 Å². The molecule has 0 radical (unpaired) electrons. The highest BCUT2D eigenvalue weighted by Crippen LogP contribution is 2.30. The van der Waals surface area contributed by atoms with Gasteiger partial charge < -0.3 is 19.4 Å². The maximum atomic E-state index is 13.1. The summed E-state index contributed by atoms with van der Waals surface area (Å²) in [6.45, 7) is 1.99. The minimum atomic E-state index is -0.322. The van der Waals surface area contributed by atoms with Gasteiger partial charge in [0.15, 0.2) is 0 Å². The first-order valence-corrected chi connectivity index (χ1v) is 9.49. The van der Waals surface area contributed by atoms with Crippen molar-refractivity contribution in [2.24, 2.45) is 0 Å². The number of rotatable bonds is 5. The molecule has 0 spiro atoms.